The number of benzene rings is 2. The van der Waals surface area contributed by atoms with Gasteiger partial charge < -0.3 is 15.0 Å². The summed E-state index contributed by atoms with van der Waals surface area (Å²) in [5, 5.41) is 2.96. The molecule has 8 heteroatoms. The molecule has 0 aliphatic carbocycles. The van der Waals surface area contributed by atoms with Crippen LogP contribution in [0.4, 0.5) is 5.69 Å². The van der Waals surface area contributed by atoms with Crippen molar-refractivity contribution in [1.29, 1.82) is 0 Å². The summed E-state index contributed by atoms with van der Waals surface area (Å²) in [5.41, 5.74) is 1.43. The molecule has 6 nitrogen and oxygen atoms in total. The molecular formula is C21H20BrClN2O4. The van der Waals surface area contributed by atoms with Gasteiger partial charge in [-0.3, -0.25) is 14.4 Å². The number of rotatable bonds is 6. The van der Waals surface area contributed by atoms with E-state index in [-0.39, 0.29) is 24.9 Å². The Hall–Kier alpha value is -2.38. The number of nitrogens with zero attached hydrogens (tertiary/aromatic N) is 1. The van der Waals surface area contributed by atoms with Gasteiger partial charge >= 0.3 is 5.97 Å². The van der Waals surface area contributed by atoms with Gasteiger partial charge in [0, 0.05) is 17.4 Å². The first-order chi connectivity index (χ1) is 13.8. The number of ether oxygens (including phenoxy) is 1. The molecule has 1 fully saturated rings. The predicted molar refractivity (Wildman–Crippen MR) is 113 cm³/mol. The third kappa shape index (κ3) is 5.36. The second-order valence-corrected chi connectivity index (χ2v) is 8.14. The second kappa shape index (κ2) is 9.41. The van der Waals surface area contributed by atoms with Crippen LogP contribution in [0.2, 0.25) is 5.02 Å². The quantitative estimate of drug-likeness (QED) is 0.630. The molecule has 29 heavy (non-hydrogen) atoms. The molecule has 1 aliphatic rings. The van der Waals surface area contributed by atoms with E-state index in [4.69, 9.17) is 16.3 Å². The van der Waals surface area contributed by atoms with Crippen molar-refractivity contribution in [3.63, 3.8) is 0 Å². The van der Waals surface area contributed by atoms with Gasteiger partial charge in [0.1, 0.15) is 0 Å². The molecule has 1 N–H and O–H groups in total. The van der Waals surface area contributed by atoms with Gasteiger partial charge in [-0.05, 0) is 30.7 Å². The van der Waals surface area contributed by atoms with Gasteiger partial charge in [0.25, 0.3) is 5.91 Å². The maximum absolute atomic E-state index is 12.4. The van der Waals surface area contributed by atoms with Crippen molar-refractivity contribution in [3.05, 3.63) is 63.6 Å². The molecule has 0 spiro atoms. The SMILES string of the molecule is C[C@@H](c1ccccc1)N1C[C@H](C(=O)OCC(=O)Nc2ccc(Br)cc2Cl)CC1=O. The van der Waals surface area contributed by atoms with E-state index in [2.05, 4.69) is 21.2 Å². The van der Waals surface area contributed by atoms with Gasteiger partial charge in [0.05, 0.1) is 22.7 Å². The highest BCUT2D eigenvalue weighted by Crippen LogP contribution is 2.29. The van der Waals surface area contributed by atoms with Crippen molar-refractivity contribution in [3.8, 4) is 0 Å². The lowest BCUT2D eigenvalue weighted by Gasteiger charge is -2.25. The van der Waals surface area contributed by atoms with Crippen LogP contribution in [0.15, 0.2) is 53.0 Å². The van der Waals surface area contributed by atoms with Crippen LogP contribution in [-0.2, 0) is 19.1 Å². The summed E-state index contributed by atoms with van der Waals surface area (Å²) in [7, 11) is 0. The molecule has 2 aromatic carbocycles. The van der Waals surface area contributed by atoms with Crippen molar-refractivity contribution in [2.45, 2.75) is 19.4 Å². The molecule has 2 atom stereocenters. The molecule has 2 amide bonds. The molecule has 152 valence electrons. The van der Waals surface area contributed by atoms with Crippen LogP contribution in [0, 0.1) is 5.92 Å². The van der Waals surface area contributed by atoms with E-state index >= 15 is 0 Å². The molecule has 3 rings (SSSR count). The van der Waals surface area contributed by atoms with E-state index in [0.717, 1.165) is 10.0 Å². The van der Waals surface area contributed by atoms with Crippen molar-refractivity contribution in [1.82, 2.24) is 4.90 Å². The fourth-order valence-corrected chi connectivity index (χ4v) is 3.93. The average Bonchev–Trinajstić information content (AvgIpc) is 3.10. The maximum atomic E-state index is 12.4. The zero-order valence-electron chi connectivity index (χ0n) is 15.7. The number of amides is 2. The summed E-state index contributed by atoms with van der Waals surface area (Å²) in [6.07, 6.45) is 0.0795. The molecule has 2 aromatic rings. The molecule has 0 unspecified atom stereocenters. The summed E-state index contributed by atoms with van der Waals surface area (Å²) in [4.78, 5) is 38.4. The van der Waals surface area contributed by atoms with Gasteiger partial charge in [-0.2, -0.15) is 0 Å². The van der Waals surface area contributed by atoms with Crippen molar-refractivity contribution in [2.75, 3.05) is 18.5 Å². The first-order valence-corrected chi connectivity index (χ1v) is 10.3. The summed E-state index contributed by atoms with van der Waals surface area (Å²) in [5.74, 6) is -1.74. The van der Waals surface area contributed by atoms with Crippen LogP contribution in [0.25, 0.3) is 0 Å². The average molecular weight is 480 g/mol. The third-order valence-corrected chi connectivity index (χ3v) is 5.60. The lowest BCUT2D eigenvalue weighted by molar-refractivity contribution is -0.151. The largest absolute Gasteiger partial charge is 0.455 e. The molecular weight excluding hydrogens is 460 g/mol. The number of carbonyl (C=O) groups is 3. The Balaban J connectivity index is 1.52. The van der Waals surface area contributed by atoms with Crippen LogP contribution in [0.5, 0.6) is 0 Å². The molecule has 1 aliphatic heterocycles. The standard InChI is InChI=1S/C21H20BrClN2O4/c1-13(14-5-3-2-4-6-14)25-11-15(9-20(25)27)21(28)29-12-19(26)24-18-8-7-16(22)10-17(18)23/h2-8,10,13,15H,9,11-12H2,1H3,(H,24,26)/t13-,15+/m0/s1. The van der Waals surface area contributed by atoms with Gasteiger partial charge in [-0.15, -0.1) is 0 Å². The number of hydrogen-bond donors (Lipinski definition) is 1. The van der Waals surface area contributed by atoms with Crippen LogP contribution in [-0.4, -0.2) is 35.8 Å². The van der Waals surface area contributed by atoms with E-state index in [1.807, 2.05) is 37.3 Å². The molecule has 1 heterocycles. The first kappa shape index (κ1) is 21.3. The summed E-state index contributed by atoms with van der Waals surface area (Å²) >= 11 is 9.34. The number of carbonyl (C=O) groups excluding carboxylic acids is 3. The highest BCUT2D eigenvalue weighted by Gasteiger charge is 2.38. The number of halogens is 2. The summed E-state index contributed by atoms with van der Waals surface area (Å²) < 4.78 is 5.91. The van der Waals surface area contributed by atoms with Crippen molar-refractivity contribution < 1.29 is 19.1 Å². The fourth-order valence-electron chi connectivity index (χ4n) is 3.21. The summed E-state index contributed by atoms with van der Waals surface area (Å²) in [6.45, 7) is 1.76. The maximum Gasteiger partial charge on any atom is 0.311 e. The Morgan fingerprint density at radius 1 is 1.28 bits per heavy atom. The second-order valence-electron chi connectivity index (χ2n) is 6.81. The Labute approximate surface area is 182 Å². The summed E-state index contributed by atoms with van der Waals surface area (Å²) in [6, 6.07) is 14.5. The molecule has 0 bridgehead atoms. The lowest BCUT2D eigenvalue weighted by Crippen LogP contribution is -2.30. The van der Waals surface area contributed by atoms with Crippen molar-refractivity contribution >= 4 is 51.0 Å². The smallest absolute Gasteiger partial charge is 0.311 e. The highest BCUT2D eigenvalue weighted by molar-refractivity contribution is 9.10. The predicted octanol–water partition coefficient (Wildman–Crippen LogP) is 4.19. The molecule has 0 saturated carbocycles. The number of anilines is 1. The highest BCUT2D eigenvalue weighted by atomic mass is 79.9. The Morgan fingerprint density at radius 3 is 2.69 bits per heavy atom. The Kier molecular flexibility index (Phi) is 6.92. The topological polar surface area (TPSA) is 75.7 Å². The van der Waals surface area contributed by atoms with Gasteiger partial charge in [-0.25, -0.2) is 0 Å². The zero-order chi connectivity index (χ0) is 21.0. The minimum Gasteiger partial charge on any atom is -0.455 e. The number of likely N-dealkylation sites (tertiary alicyclic amines) is 1. The van der Waals surface area contributed by atoms with Crippen LogP contribution < -0.4 is 5.32 Å². The number of hydrogen-bond acceptors (Lipinski definition) is 4. The van der Waals surface area contributed by atoms with E-state index in [1.165, 1.54) is 0 Å². The monoisotopic (exact) mass is 478 g/mol. The fraction of sp³-hybridized carbons (Fsp3) is 0.286. The normalized spacial score (nSPS) is 17.1. The van der Waals surface area contributed by atoms with E-state index in [9.17, 15) is 14.4 Å². The molecule has 0 radical (unpaired) electrons. The van der Waals surface area contributed by atoms with Gasteiger partial charge in [-0.1, -0.05) is 57.9 Å². The number of nitrogens with one attached hydrogen (secondary N) is 1. The van der Waals surface area contributed by atoms with Crippen LogP contribution in [0.1, 0.15) is 24.9 Å². The van der Waals surface area contributed by atoms with E-state index in [0.29, 0.717) is 10.7 Å². The Bertz CT molecular complexity index is 922. The van der Waals surface area contributed by atoms with Gasteiger partial charge in [0.15, 0.2) is 6.61 Å². The third-order valence-electron chi connectivity index (χ3n) is 4.79. The van der Waals surface area contributed by atoms with Crippen LogP contribution in [0.3, 0.4) is 0 Å². The first-order valence-electron chi connectivity index (χ1n) is 9.11. The zero-order valence-corrected chi connectivity index (χ0v) is 18.1. The lowest BCUT2D eigenvalue weighted by atomic mass is 10.1. The van der Waals surface area contributed by atoms with Crippen LogP contribution >= 0.6 is 27.5 Å². The minimum absolute atomic E-state index is 0.0795. The number of esters is 1. The van der Waals surface area contributed by atoms with Gasteiger partial charge in [0.2, 0.25) is 5.91 Å². The molecule has 1 saturated heterocycles. The minimum atomic E-state index is -0.585. The van der Waals surface area contributed by atoms with Crippen molar-refractivity contribution in [2.24, 2.45) is 5.92 Å². The Morgan fingerprint density at radius 2 is 2.00 bits per heavy atom. The van der Waals surface area contributed by atoms with E-state index in [1.54, 1.807) is 23.1 Å². The molecule has 0 aromatic heterocycles. The van der Waals surface area contributed by atoms with E-state index < -0.39 is 24.4 Å².